The van der Waals surface area contributed by atoms with Crippen LogP contribution in [0.1, 0.15) is 17.9 Å². The molecule has 3 rings (SSSR count). The van der Waals surface area contributed by atoms with Crippen molar-refractivity contribution in [2.24, 2.45) is 0 Å². The summed E-state index contributed by atoms with van der Waals surface area (Å²) in [5, 5.41) is 10.8. The number of nitrogens with zero attached hydrogens (tertiary/aromatic N) is 2. The monoisotopic (exact) mass is 472 g/mol. The molecule has 1 heterocycles. The smallest absolute Gasteiger partial charge is 0.409 e. The Labute approximate surface area is 188 Å². The first-order valence-electron chi connectivity index (χ1n) is 9.17. The van der Waals surface area contributed by atoms with Gasteiger partial charge in [0.15, 0.2) is 0 Å². The number of benzene rings is 2. The molecule has 0 unspecified atom stereocenters. The highest BCUT2D eigenvalue weighted by molar-refractivity contribution is 6.67. The molecular formula is C20H19Cl3N2O5. The molecule has 0 bridgehead atoms. The molecule has 7 nitrogen and oxygen atoms in total. The van der Waals surface area contributed by atoms with Crippen molar-refractivity contribution in [2.75, 3.05) is 19.7 Å². The van der Waals surface area contributed by atoms with Gasteiger partial charge in [0.25, 0.3) is 5.69 Å². The highest BCUT2D eigenvalue weighted by Gasteiger charge is 2.35. The average molecular weight is 474 g/mol. The van der Waals surface area contributed by atoms with Gasteiger partial charge in [-0.2, -0.15) is 0 Å². The van der Waals surface area contributed by atoms with E-state index < -0.39 is 14.8 Å². The summed E-state index contributed by atoms with van der Waals surface area (Å²) in [7, 11) is 0. The Morgan fingerprint density at radius 1 is 1.13 bits per heavy atom. The van der Waals surface area contributed by atoms with Gasteiger partial charge < -0.3 is 14.4 Å². The van der Waals surface area contributed by atoms with E-state index in [1.807, 2.05) is 30.3 Å². The van der Waals surface area contributed by atoms with Gasteiger partial charge in [0, 0.05) is 37.6 Å². The van der Waals surface area contributed by atoms with Gasteiger partial charge in [0.2, 0.25) is 3.79 Å². The number of rotatable bonds is 5. The van der Waals surface area contributed by atoms with Crippen LogP contribution >= 0.6 is 34.8 Å². The molecule has 10 heteroatoms. The maximum absolute atomic E-state index is 12.4. The zero-order chi connectivity index (χ0) is 21.7. The standard InChI is InChI=1S/C20H19Cl3N2O5/c21-20(22,23)13-29-19(26)24-11-10-18(17(12-24)14-4-2-1-3-5-14)30-16-8-6-15(7-9-16)25(27)28/h1-9,17-18H,10-13H2/t17-,18-/m0/s1. The van der Waals surface area contributed by atoms with E-state index in [4.69, 9.17) is 44.3 Å². The van der Waals surface area contributed by atoms with Crippen LogP contribution in [-0.2, 0) is 4.74 Å². The van der Waals surface area contributed by atoms with Crippen molar-refractivity contribution >= 4 is 46.6 Å². The number of non-ortho nitro benzene ring substituents is 1. The highest BCUT2D eigenvalue weighted by Crippen LogP contribution is 2.32. The molecule has 1 saturated heterocycles. The van der Waals surface area contributed by atoms with E-state index >= 15 is 0 Å². The Hall–Kier alpha value is -2.22. The summed E-state index contributed by atoms with van der Waals surface area (Å²) in [6.45, 7) is 0.422. The van der Waals surface area contributed by atoms with Crippen LogP contribution in [0.5, 0.6) is 5.75 Å². The van der Waals surface area contributed by atoms with Gasteiger partial charge in [0.1, 0.15) is 18.5 Å². The van der Waals surface area contributed by atoms with Gasteiger partial charge in [-0.1, -0.05) is 65.1 Å². The first-order valence-corrected chi connectivity index (χ1v) is 10.3. The van der Waals surface area contributed by atoms with Crippen molar-refractivity contribution in [3.8, 4) is 5.75 Å². The molecule has 0 radical (unpaired) electrons. The molecule has 0 saturated carbocycles. The number of hydrogen-bond acceptors (Lipinski definition) is 5. The number of ether oxygens (including phenoxy) is 2. The van der Waals surface area contributed by atoms with Gasteiger partial charge in [-0.3, -0.25) is 10.1 Å². The van der Waals surface area contributed by atoms with Crippen molar-refractivity contribution < 1.29 is 19.2 Å². The maximum atomic E-state index is 12.4. The summed E-state index contributed by atoms with van der Waals surface area (Å²) in [5.41, 5.74) is 0.997. The molecule has 0 aromatic heterocycles. The minimum Gasteiger partial charge on any atom is -0.490 e. The van der Waals surface area contributed by atoms with Crippen molar-refractivity contribution in [1.29, 1.82) is 0 Å². The zero-order valence-corrected chi connectivity index (χ0v) is 18.0. The predicted molar refractivity (Wildman–Crippen MR) is 115 cm³/mol. The number of piperidine rings is 1. The number of halogens is 3. The number of nitro benzene ring substituents is 1. The SMILES string of the molecule is O=C(OCC(Cl)(Cl)Cl)N1CC[C@H](Oc2ccc([N+](=O)[O-])cc2)[C@H](c2ccccc2)C1. The fourth-order valence-electron chi connectivity index (χ4n) is 3.31. The van der Waals surface area contributed by atoms with Crippen LogP contribution in [-0.4, -0.2) is 45.5 Å². The van der Waals surface area contributed by atoms with E-state index in [0.717, 1.165) is 5.56 Å². The molecule has 30 heavy (non-hydrogen) atoms. The van der Waals surface area contributed by atoms with E-state index in [1.54, 1.807) is 17.0 Å². The molecule has 1 aliphatic rings. The first-order chi connectivity index (χ1) is 14.2. The van der Waals surface area contributed by atoms with E-state index in [-0.39, 0.29) is 24.3 Å². The largest absolute Gasteiger partial charge is 0.490 e. The molecule has 0 aliphatic carbocycles. The minimum absolute atomic E-state index is 0.00604. The third kappa shape index (κ3) is 6.14. The van der Waals surface area contributed by atoms with Crippen molar-refractivity contribution in [3.05, 3.63) is 70.3 Å². The molecule has 2 aromatic rings. The lowest BCUT2D eigenvalue weighted by atomic mass is 9.88. The molecule has 1 amide bonds. The summed E-state index contributed by atoms with van der Waals surface area (Å²) >= 11 is 17.0. The van der Waals surface area contributed by atoms with Crippen LogP contribution in [0.2, 0.25) is 0 Å². The van der Waals surface area contributed by atoms with Crippen molar-refractivity contribution in [1.82, 2.24) is 4.90 Å². The van der Waals surface area contributed by atoms with Crippen LogP contribution in [0.3, 0.4) is 0 Å². The Morgan fingerprint density at radius 3 is 2.40 bits per heavy atom. The Morgan fingerprint density at radius 2 is 1.80 bits per heavy atom. The topological polar surface area (TPSA) is 81.9 Å². The molecular weight excluding hydrogens is 455 g/mol. The van der Waals surface area contributed by atoms with Crippen molar-refractivity contribution in [2.45, 2.75) is 22.2 Å². The maximum Gasteiger partial charge on any atom is 0.409 e. The van der Waals surface area contributed by atoms with Gasteiger partial charge in [-0.05, 0) is 17.7 Å². The number of nitro groups is 1. The second-order valence-corrected chi connectivity index (χ2v) is 9.35. The second-order valence-electron chi connectivity index (χ2n) is 6.83. The number of likely N-dealkylation sites (tertiary alicyclic amines) is 1. The Bertz CT molecular complexity index is 874. The van der Waals surface area contributed by atoms with E-state index in [1.165, 1.54) is 12.1 Å². The predicted octanol–water partition coefficient (Wildman–Crippen LogP) is 5.34. The average Bonchev–Trinajstić information content (AvgIpc) is 2.73. The summed E-state index contributed by atoms with van der Waals surface area (Å²) in [6, 6.07) is 15.6. The zero-order valence-electron chi connectivity index (χ0n) is 15.7. The van der Waals surface area contributed by atoms with E-state index in [2.05, 4.69) is 0 Å². The van der Waals surface area contributed by atoms with Gasteiger partial charge >= 0.3 is 6.09 Å². The van der Waals surface area contributed by atoms with E-state index in [9.17, 15) is 14.9 Å². The molecule has 0 spiro atoms. The lowest BCUT2D eigenvalue weighted by molar-refractivity contribution is -0.384. The highest BCUT2D eigenvalue weighted by atomic mass is 35.6. The third-order valence-corrected chi connectivity index (χ3v) is 5.06. The quantitative estimate of drug-likeness (QED) is 0.333. The van der Waals surface area contributed by atoms with Crippen LogP contribution in [0.15, 0.2) is 54.6 Å². The normalized spacial score (nSPS) is 19.2. The molecule has 1 fully saturated rings. The molecule has 0 N–H and O–H groups in total. The lowest BCUT2D eigenvalue weighted by Gasteiger charge is -2.38. The molecule has 2 aromatic carbocycles. The molecule has 1 aliphatic heterocycles. The molecule has 160 valence electrons. The molecule has 2 atom stereocenters. The summed E-state index contributed by atoms with van der Waals surface area (Å²) < 4.78 is 9.57. The van der Waals surface area contributed by atoms with Gasteiger partial charge in [0.05, 0.1) is 4.92 Å². The van der Waals surface area contributed by atoms with Crippen molar-refractivity contribution in [3.63, 3.8) is 0 Å². The number of alkyl halides is 3. The third-order valence-electron chi connectivity index (χ3n) is 4.73. The van der Waals surface area contributed by atoms with Crippen LogP contribution in [0, 0.1) is 10.1 Å². The number of amides is 1. The first kappa shape index (κ1) is 22.5. The fraction of sp³-hybridized carbons (Fsp3) is 0.350. The number of hydrogen-bond donors (Lipinski definition) is 0. The van der Waals surface area contributed by atoms with Gasteiger partial charge in [-0.15, -0.1) is 0 Å². The number of carbonyl (C=O) groups excluding carboxylic acids is 1. The fourth-order valence-corrected chi connectivity index (χ4v) is 3.48. The summed E-state index contributed by atoms with van der Waals surface area (Å²) in [5.74, 6) is 0.397. The Balaban J connectivity index is 1.73. The minimum atomic E-state index is -1.67. The van der Waals surface area contributed by atoms with E-state index in [0.29, 0.717) is 25.3 Å². The van der Waals surface area contributed by atoms with Crippen LogP contribution < -0.4 is 4.74 Å². The Kier molecular flexibility index (Phi) is 7.28. The van der Waals surface area contributed by atoms with Gasteiger partial charge in [-0.25, -0.2) is 4.79 Å². The van der Waals surface area contributed by atoms with Crippen LogP contribution in [0.4, 0.5) is 10.5 Å². The lowest BCUT2D eigenvalue weighted by Crippen LogP contribution is -2.47. The second kappa shape index (κ2) is 9.73. The summed E-state index contributed by atoms with van der Waals surface area (Å²) in [4.78, 5) is 24.4. The summed E-state index contributed by atoms with van der Waals surface area (Å²) in [6.07, 6.45) is -0.249. The van der Waals surface area contributed by atoms with Crippen LogP contribution in [0.25, 0.3) is 0 Å². The number of carbonyl (C=O) groups is 1.